The van der Waals surface area contributed by atoms with Gasteiger partial charge in [-0.3, -0.25) is 4.79 Å². The second-order valence-electron chi connectivity index (χ2n) is 9.07. The summed E-state index contributed by atoms with van der Waals surface area (Å²) in [7, 11) is 1.77. The third-order valence-corrected chi connectivity index (χ3v) is 7.00. The summed E-state index contributed by atoms with van der Waals surface area (Å²) in [5.41, 5.74) is 2.78. The summed E-state index contributed by atoms with van der Waals surface area (Å²) in [5, 5.41) is 21.0. The number of amides is 1. The lowest BCUT2D eigenvalue weighted by molar-refractivity contribution is 0.00443. The lowest BCUT2D eigenvalue weighted by Crippen LogP contribution is -2.50. The van der Waals surface area contributed by atoms with Gasteiger partial charge in [0.1, 0.15) is 23.2 Å². The van der Waals surface area contributed by atoms with Gasteiger partial charge in [-0.15, -0.1) is 0 Å². The summed E-state index contributed by atoms with van der Waals surface area (Å²) in [4.78, 5) is 22.3. The number of ether oxygens (including phenoxy) is 1. The van der Waals surface area contributed by atoms with Crippen molar-refractivity contribution in [3.05, 3.63) is 42.4 Å². The molecule has 2 fully saturated rings. The van der Waals surface area contributed by atoms with E-state index in [4.69, 9.17) is 9.72 Å². The van der Waals surface area contributed by atoms with Crippen LogP contribution in [0.25, 0.3) is 27.9 Å². The van der Waals surface area contributed by atoms with Crippen molar-refractivity contribution in [2.45, 2.75) is 43.6 Å². The van der Waals surface area contributed by atoms with Crippen LogP contribution in [0.15, 0.2) is 36.8 Å². The molecule has 2 aliphatic rings. The minimum atomic E-state index is -1.13. The number of aromatic nitrogens is 5. The summed E-state index contributed by atoms with van der Waals surface area (Å²) in [5.74, 6) is 0.314. The topological polar surface area (TPSA) is 119 Å². The number of aliphatic hydroxyl groups excluding tert-OH is 1. The van der Waals surface area contributed by atoms with Gasteiger partial charge in [-0.2, -0.15) is 9.61 Å². The number of fused-ring (bicyclic) bond motifs is 2. The minimum absolute atomic E-state index is 0.0601. The first-order valence-corrected chi connectivity index (χ1v) is 11.8. The lowest BCUT2D eigenvalue weighted by atomic mass is 9.89. The highest BCUT2D eigenvalue weighted by Gasteiger charge is 2.32. The number of halogens is 1. The van der Waals surface area contributed by atoms with Crippen LogP contribution in [-0.4, -0.2) is 73.7 Å². The van der Waals surface area contributed by atoms with Gasteiger partial charge in [-0.25, -0.2) is 14.4 Å². The van der Waals surface area contributed by atoms with Crippen molar-refractivity contribution in [1.29, 1.82) is 0 Å². The van der Waals surface area contributed by atoms with Gasteiger partial charge in [0.25, 0.3) is 5.91 Å². The first kappa shape index (κ1) is 21.9. The number of hydrogen-bond acceptors (Lipinski definition) is 7. The van der Waals surface area contributed by atoms with Crippen molar-refractivity contribution in [1.82, 2.24) is 29.5 Å². The van der Waals surface area contributed by atoms with Crippen LogP contribution in [0.1, 0.15) is 35.7 Å². The number of carbonyl (C=O) groups is 1. The van der Waals surface area contributed by atoms with Crippen LogP contribution in [0.2, 0.25) is 0 Å². The van der Waals surface area contributed by atoms with E-state index < -0.39 is 12.3 Å². The molecule has 0 radical (unpaired) electrons. The largest absolute Gasteiger partial charge is 0.391 e. The van der Waals surface area contributed by atoms with Crippen molar-refractivity contribution < 1.29 is 19.0 Å². The number of anilines is 1. The fraction of sp³-hybridized carbons (Fsp3) is 0.417. The molecule has 10 nitrogen and oxygen atoms in total. The smallest absolute Gasteiger partial charge is 0.257 e. The average molecular weight is 480 g/mol. The predicted molar refractivity (Wildman–Crippen MR) is 127 cm³/mol. The number of carbonyl (C=O) groups excluding carboxylic acids is 1. The van der Waals surface area contributed by atoms with Crippen molar-refractivity contribution in [2.24, 2.45) is 0 Å². The second-order valence-corrected chi connectivity index (χ2v) is 9.07. The molecule has 1 unspecified atom stereocenters. The van der Waals surface area contributed by atoms with Crippen LogP contribution in [0.5, 0.6) is 0 Å². The maximum Gasteiger partial charge on any atom is 0.257 e. The molecule has 35 heavy (non-hydrogen) atoms. The quantitative estimate of drug-likeness (QED) is 0.402. The Bertz CT molecular complexity index is 1420. The molecule has 1 aliphatic carbocycles. The van der Waals surface area contributed by atoms with Crippen molar-refractivity contribution in [3.63, 3.8) is 0 Å². The molecule has 6 rings (SSSR count). The first-order valence-electron chi connectivity index (χ1n) is 11.8. The third kappa shape index (κ3) is 3.62. The van der Waals surface area contributed by atoms with Gasteiger partial charge in [0.05, 0.1) is 36.7 Å². The Hall–Kier alpha value is -3.57. The van der Waals surface area contributed by atoms with Gasteiger partial charge >= 0.3 is 0 Å². The molecule has 3 N–H and O–H groups in total. The number of pyridine rings is 1. The summed E-state index contributed by atoms with van der Waals surface area (Å²) in [6.07, 6.45) is 5.36. The number of hydrogen-bond donors (Lipinski definition) is 3. The SMILES string of the molecule is CNc1cc(-c2cn([C@@H]3CCOC[C@H]3F)c3ncccc23)nc2c(C(=O)NC3CC[C@@H]3O)cnn12. The van der Waals surface area contributed by atoms with Crippen LogP contribution in [0.4, 0.5) is 10.2 Å². The standard InChI is InChI=1S/C24H26FN7O3/c1-26-21-9-18(29-23-14(10-28-32(21)23)24(34)30-17-4-5-20(17)33)15-11-31(19-6-8-35-12-16(19)25)22-13(15)3-2-7-27-22/h2-3,7,9-11,16-17,19-20,26,33H,4-6,8,12H2,1H3,(H,30,34)/t16-,17?,19-,20+/m1/s1. The zero-order valence-corrected chi connectivity index (χ0v) is 19.2. The van der Waals surface area contributed by atoms with Gasteiger partial charge in [0.15, 0.2) is 5.65 Å². The molecular weight excluding hydrogens is 453 g/mol. The molecule has 1 saturated carbocycles. The molecule has 4 aromatic rings. The molecule has 4 atom stereocenters. The van der Waals surface area contributed by atoms with Gasteiger partial charge < -0.3 is 25.0 Å². The maximum atomic E-state index is 14.8. The van der Waals surface area contributed by atoms with Crippen LogP contribution in [0, 0.1) is 0 Å². The van der Waals surface area contributed by atoms with E-state index in [1.54, 1.807) is 17.8 Å². The van der Waals surface area contributed by atoms with Crippen LogP contribution < -0.4 is 10.6 Å². The molecule has 5 heterocycles. The normalized spacial score (nSPS) is 24.4. The fourth-order valence-electron chi connectivity index (χ4n) is 4.88. The molecular formula is C24H26FN7O3. The highest BCUT2D eigenvalue weighted by atomic mass is 19.1. The van der Waals surface area contributed by atoms with E-state index in [-0.39, 0.29) is 24.6 Å². The number of alkyl halides is 1. The van der Waals surface area contributed by atoms with Gasteiger partial charge in [-0.1, -0.05) is 0 Å². The maximum absolute atomic E-state index is 14.8. The zero-order valence-electron chi connectivity index (χ0n) is 19.2. The fourth-order valence-corrected chi connectivity index (χ4v) is 4.88. The molecule has 182 valence electrons. The molecule has 0 spiro atoms. The summed E-state index contributed by atoms with van der Waals surface area (Å²) >= 11 is 0. The van der Waals surface area contributed by atoms with E-state index >= 15 is 0 Å². The predicted octanol–water partition coefficient (Wildman–Crippen LogP) is 2.34. The van der Waals surface area contributed by atoms with Gasteiger partial charge in [-0.05, 0) is 31.4 Å². The Kier molecular flexibility index (Phi) is 5.37. The number of nitrogens with one attached hydrogen (secondary N) is 2. The summed E-state index contributed by atoms with van der Waals surface area (Å²) in [6, 6.07) is 4.98. The molecule has 0 aromatic carbocycles. The molecule has 1 saturated heterocycles. The van der Waals surface area contributed by atoms with Gasteiger partial charge in [0, 0.05) is 43.1 Å². The van der Waals surface area contributed by atoms with E-state index in [1.807, 2.05) is 29.0 Å². The first-order chi connectivity index (χ1) is 17.0. The highest BCUT2D eigenvalue weighted by Crippen LogP contribution is 2.35. The lowest BCUT2D eigenvalue weighted by Gasteiger charge is -2.32. The van der Waals surface area contributed by atoms with Gasteiger partial charge in [0.2, 0.25) is 0 Å². The second kappa shape index (κ2) is 8.58. The van der Waals surface area contributed by atoms with E-state index in [1.165, 1.54) is 6.20 Å². The molecule has 0 bridgehead atoms. The summed E-state index contributed by atoms with van der Waals surface area (Å²) in [6.45, 7) is 0.551. The third-order valence-electron chi connectivity index (χ3n) is 7.00. The summed E-state index contributed by atoms with van der Waals surface area (Å²) < 4.78 is 23.5. The molecule has 4 aromatic heterocycles. The number of nitrogens with zero attached hydrogens (tertiary/aromatic N) is 5. The Balaban J connectivity index is 1.47. The van der Waals surface area contributed by atoms with E-state index in [2.05, 4.69) is 20.7 Å². The van der Waals surface area contributed by atoms with Crippen LogP contribution >= 0.6 is 0 Å². The van der Waals surface area contributed by atoms with Crippen LogP contribution in [0.3, 0.4) is 0 Å². The zero-order chi connectivity index (χ0) is 24.1. The van der Waals surface area contributed by atoms with E-state index in [0.717, 1.165) is 17.4 Å². The average Bonchev–Trinajstić information content (AvgIpc) is 3.48. The molecule has 1 aliphatic heterocycles. The van der Waals surface area contributed by atoms with Crippen LogP contribution in [-0.2, 0) is 4.74 Å². The van der Waals surface area contributed by atoms with Crippen molar-refractivity contribution in [2.75, 3.05) is 25.6 Å². The molecule has 1 amide bonds. The Labute approximate surface area is 200 Å². The number of aliphatic hydroxyl groups is 1. The Morgan fingerprint density at radius 3 is 2.91 bits per heavy atom. The van der Waals surface area contributed by atoms with E-state index in [9.17, 15) is 14.3 Å². The minimum Gasteiger partial charge on any atom is -0.391 e. The molecule has 11 heteroatoms. The Morgan fingerprint density at radius 2 is 2.17 bits per heavy atom. The van der Waals surface area contributed by atoms with E-state index in [0.29, 0.717) is 47.8 Å². The number of rotatable bonds is 5. The van der Waals surface area contributed by atoms with Crippen molar-refractivity contribution >= 4 is 28.4 Å². The van der Waals surface area contributed by atoms with Crippen molar-refractivity contribution in [3.8, 4) is 11.3 Å². The monoisotopic (exact) mass is 479 g/mol. The Morgan fingerprint density at radius 1 is 1.29 bits per heavy atom. The highest BCUT2D eigenvalue weighted by molar-refractivity contribution is 6.01.